The molecule has 2 aromatic rings. The van der Waals surface area contributed by atoms with Gasteiger partial charge >= 0.3 is 5.97 Å². The normalized spacial score (nSPS) is 11.5. The van der Waals surface area contributed by atoms with E-state index in [1.54, 1.807) is 7.11 Å². The highest BCUT2D eigenvalue weighted by molar-refractivity contribution is 5.83. The zero-order chi connectivity index (χ0) is 18.8. The highest BCUT2D eigenvalue weighted by Gasteiger charge is 2.20. The van der Waals surface area contributed by atoms with E-state index in [1.807, 2.05) is 61.5 Å². The van der Waals surface area contributed by atoms with Crippen LogP contribution in [0.1, 0.15) is 30.4 Å². The maximum atomic E-state index is 12.2. The van der Waals surface area contributed by atoms with E-state index in [2.05, 4.69) is 5.32 Å². The minimum absolute atomic E-state index is 0.259. The van der Waals surface area contributed by atoms with Crippen molar-refractivity contribution in [1.29, 1.82) is 0 Å². The van der Waals surface area contributed by atoms with Gasteiger partial charge < -0.3 is 14.8 Å². The fraction of sp³-hybridized carbons (Fsp3) is 0.333. The van der Waals surface area contributed by atoms with Crippen LogP contribution >= 0.6 is 0 Å². The lowest BCUT2D eigenvalue weighted by molar-refractivity contribution is -0.150. The summed E-state index contributed by atoms with van der Waals surface area (Å²) in [5.41, 5.74) is 2.00. The van der Waals surface area contributed by atoms with Crippen molar-refractivity contribution in [2.75, 3.05) is 20.3 Å². The molecule has 0 saturated heterocycles. The van der Waals surface area contributed by atoms with E-state index in [0.29, 0.717) is 19.4 Å². The number of amides is 1. The SMILES string of the molecule is CCC(C(=O)OCC(=O)NCCc1ccc(OC)cc1)c1ccccc1. The van der Waals surface area contributed by atoms with E-state index >= 15 is 0 Å². The predicted molar refractivity (Wildman–Crippen MR) is 100 cm³/mol. The maximum Gasteiger partial charge on any atom is 0.313 e. The average Bonchev–Trinajstić information content (AvgIpc) is 2.68. The topological polar surface area (TPSA) is 64.6 Å². The van der Waals surface area contributed by atoms with Gasteiger partial charge in [0.25, 0.3) is 5.91 Å². The van der Waals surface area contributed by atoms with Crippen molar-refractivity contribution in [3.63, 3.8) is 0 Å². The minimum atomic E-state index is -0.371. The summed E-state index contributed by atoms with van der Waals surface area (Å²) < 4.78 is 10.3. The third-order valence-corrected chi connectivity index (χ3v) is 4.14. The summed E-state index contributed by atoms with van der Waals surface area (Å²) in [5.74, 6) is -0.212. The molecule has 0 heterocycles. The summed E-state index contributed by atoms with van der Waals surface area (Å²) in [4.78, 5) is 24.1. The van der Waals surface area contributed by atoms with Crippen LogP contribution in [0, 0.1) is 0 Å². The van der Waals surface area contributed by atoms with Crippen molar-refractivity contribution in [3.8, 4) is 5.75 Å². The molecule has 1 N–H and O–H groups in total. The Morgan fingerprint density at radius 1 is 1.04 bits per heavy atom. The van der Waals surface area contributed by atoms with Crippen molar-refractivity contribution < 1.29 is 19.1 Å². The van der Waals surface area contributed by atoms with Gasteiger partial charge in [-0.2, -0.15) is 0 Å². The Bertz CT molecular complexity index is 698. The Kier molecular flexibility index (Phi) is 7.68. The number of carbonyl (C=O) groups excluding carboxylic acids is 2. The lowest BCUT2D eigenvalue weighted by atomic mass is 9.97. The van der Waals surface area contributed by atoms with Crippen molar-refractivity contribution in [1.82, 2.24) is 5.32 Å². The highest BCUT2D eigenvalue weighted by atomic mass is 16.5. The molecule has 0 saturated carbocycles. The number of hydrogen-bond acceptors (Lipinski definition) is 4. The van der Waals surface area contributed by atoms with Crippen molar-refractivity contribution in [2.45, 2.75) is 25.7 Å². The van der Waals surface area contributed by atoms with Crippen LogP contribution in [0.2, 0.25) is 0 Å². The summed E-state index contributed by atoms with van der Waals surface area (Å²) in [5, 5.41) is 2.76. The molecule has 0 aliphatic rings. The van der Waals surface area contributed by atoms with Gasteiger partial charge in [-0.05, 0) is 36.1 Å². The molecule has 2 rings (SSSR count). The molecule has 2 aromatic carbocycles. The number of carbonyl (C=O) groups is 2. The lowest BCUT2D eigenvalue weighted by Gasteiger charge is -2.14. The molecule has 0 aliphatic carbocycles. The van der Waals surface area contributed by atoms with Gasteiger partial charge in [-0.15, -0.1) is 0 Å². The first kappa shape index (κ1) is 19.5. The second kappa shape index (κ2) is 10.2. The monoisotopic (exact) mass is 355 g/mol. The molecular weight excluding hydrogens is 330 g/mol. The number of nitrogens with one attached hydrogen (secondary N) is 1. The molecule has 0 aliphatic heterocycles. The molecule has 5 nitrogen and oxygen atoms in total. The summed E-state index contributed by atoms with van der Waals surface area (Å²) >= 11 is 0. The molecule has 0 fully saturated rings. The smallest absolute Gasteiger partial charge is 0.313 e. The second-order valence-corrected chi connectivity index (χ2v) is 5.93. The van der Waals surface area contributed by atoms with Gasteiger partial charge in [-0.3, -0.25) is 9.59 Å². The lowest BCUT2D eigenvalue weighted by Crippen LogP contribution is -2.31. The van der Waals surface area contributed by atoms with Crippen LogP contribution < -0.4 is 10.1 Å². The zero-order valence-electron chi connectivity index (χ0n) is 15.2. The molecule has 1 amide bonds. The van der Waals surface area contributed by atoms with E-state index in [4.69, 9.17) is 9.47 Å². The molecule has 0 spiro atoms. The molecule has 0 radical (unpaired) electrons. The Balaban J connectivity index is 1.72. The van der Waals surface area contributed by atoms with Crippen LogP contribution in [-0.4, -0.2) is 32.1 Å². The first-order valence-corrected chi connectivity index (χ1v) is 8.75. The minimum Gasteiger partial charge on any atom is -0.497 e. The van der Waals surface area contributed by atoms with E-state index in [-0.39, 0.29) is 24.4 Å². The van der Waals surface area contributed by atoms with E-state index in [1.165, 1.54) is 0 Å². The fourth-order valence-corrected chi connectivity index (χ4v) is 2.65. The van der Waals surface area contributed by atoms with E-state index in [0.717, 1.165) is 16.9 Å². The summed E-state index contributed by atoms with van der Waals surface area (Å²) in [6.45, 7) is 2.15. The third-order valence-electron chi connectivity index (χ3n) is 4.14. The molecule has 5 heteroatoms. The van der Waals surface area contributed by atoms with Crippen molar-refractivity contribution in [3.05, 3.63) is 65.7 Å². The van der Waals surface area contributed by atoms with Crippen LogP contribution in [0.15, 0.2) is 54.6 Å². The number of methoxy groups -OCH3 is 1. The summed E-state index contributed by atoms with van der Waals surface area (Å²) in [7, 11) is 1.62. The van der Waals surface area contributed by atoms with Crippen LogP contribution in [-0.2, 0) is 20.7 Å². The summed E-state index contributed by atoms with van der Waals surface area (Å²) in [6.07, 6.45) is 1.33. The van der Waals surface area contributed by atoms with Gasteiger partial charge in [0.15, 0.2) is 6.61 Å². The zero-order valence-corrected chi connectivity index (χ0v) is 15.2. The molecule has 1 atom stereocenters. The number of rotatable bonds is 9. The van der Waals surface area contributed by atoms with Crippen molar-refractivity contribution in [2.24, 2.45) is 0 Å². The summed E-state index contributed by atoms with van der Waals surface area (Å²) in [6, 6.07) is 17.1. The first-order valence-electron chi connectivity index (χ1n) is 8.75. The molecule has 1 unspecified atom stereocenters. The molecule has 0 aromatic heterocycles. The average molecular weight is 355 g/mol. The number of esters is 1. The van der Waals surface area contributed by atoms with Crippen LogP contribution in [0.4, 0.5) is 0 Å². The van der Waals surface area contributed by atoms with Gasteiger partial charge in [0.2, 0.25) is 0 Å². The Hall–Kier alpha value is -2.82. The van der Waals surface area contributed by atoms with Gasteiger partial charge in [0.1, 0.15) is 5.75 Å². The van der Waals surface area contributed by atoms with E-state index in [9.17, 15) is 9.59 Å². The van der Waals surface area contributed by atoms with E-state index < -0.39 is 0 Å². The molecular formula is C21H25NO4. The van der Waals surface area contributed by atoms with Gasteiger partial charge in [0.05, 0.1) is 13.0 Å². The number of ether oxygens (including phenoxy) is 2. The van der Waals surface area contributed by atoms with Crippen LogP contribution in [0.5, 0.6) is 5.75 Å². The molecule has 0 bridgehead atoms. The fourth-order valence-electron chi connectivity index (χ4n) is 2.65. The number of benzene rings is 2. The second-order valence-electron chi connectivity index (χ2n) is 5.93. The van der Waals surface area contributed by atoms with Crippen molar-refractivity contribution >= 4 is 11.9 Å². The Morgan fingerprint density at radius 3 is 2.35 bits per heavy atom. The maximum absolute atomic E-state index is 12.2. The van der Waals surface area contributed by atoms with Crippen LogP contribution in [0.3, 0.4) is 0 Å². The highest BCUT2D eigenvalue weighted by Crippen LogP contribution is 2.20. The Morgan fingerprint density at radius 2 is 1.73 bits per heavy atom. The Labute approximate surface area is 154 Å². The first-order chi connectivity index (χ1) is 12.6. The van der Waals surface area contributed by atoms with Crippen LogP contribution in [0.25, 0.3) is 0 Å². The quantitative estimate of drug-likeness (QED) is 0.702. The van der Waals surface area contributed by atoms with Gasteiger partial charge in [0, 0.05) is 6.54 Å². The number of hydrogen-bond donors (Lipinski definition) is 1. The standard InChI is InChI=1S/C21H25NO4/c1-3-19(17-7-5-4-6-8-17)21(24)26-15-20(23)22-14-13-16-9-11-18(25-2)12-10-16/h4-12,19H,3,13-15H2,1-2H3,(H,22,23). The largest absolute Gasteiger partial charge is 0.497 e. The third kappa shape index (κ3) is 5.92. The molecule has 26 heavy (non-hydrogen) atoms. The van der Waals surface area contributed by atoms with Gasteiger partial charge in [-0.1, -0.05) is 49.4 Å². The molecule has 138 valence electrons. The predicted octanol–water partition coefficient (Wildman–Crippen LogP) is 3.09. The van der Waals surface area contributed by atoms with Gasteiger partial charge in [-0.25, -0.2) is 0 Å².